The van der Waals surface area contributed by atoms with Crippen LogP contribution in [-0.2, 0) is 14.6 Å². The third-order valence-corrected chi connectivity index (χ3v) is 7.16. The number of amides is 2. The second-order valence-corrected chi connectivity index (χ2v) is 9.25. The van der Waals surface area contributed by atoms with Crippen LogP contribution in [0.1, 0.15) is 36.0 Å². The Kier molecular flexibility index (Phi) is 6.35. The summed E-state index contributed by atoms with van der Waals surface area (Å²) in [5, 5.41) is 5.89. The normalized spacial score (nSPS) is 16.4. The average molecular weight is 407 g/mol. The van der Waals surface area contributed by atoms with Crippen molar-refractivity contribution in [3.8, 4) is 0 Å². The lowest BCUT2D eigenvalue weighted by Crippen LogP contribution is -2.51. The molecule has 0 radical (unpaired) electrons. The number of rotatable bonds is 6. The Morgan fingerprint density at radius 3 is 2.24 bits per heavy atom. The van der Waals surface area contributed by atoms with Gasteiger partial charge in [0, 0.05) is 24.9 Å². The van der Waals surface area contributed by atoms with Crippen LogP contribution < -0.4 is 10.6 Å². The monoisotopic (exact) mass is 406 g/mol. The summed E-state index contributed by atoms with van der Waals surface area (Å²) >= 11 is 11.7. The SMILES string of the molecule is CS(=O)(=O)C1(C(=O)NCCNC(=O)c2ccc(Cl)c(Cl)c2)CCCC1. The van der Waals surface area contributed by atoms with Crippen molar-refractivity contribution < 1.29 is 18.0 Å². The largest absolute Gasteiger partial charge is 0.353 e. The number of hydrogen-bond acceptors (Lipinski definition) is 4. The molecule has 0 atom stereocenters. The fourth-order valence-electron chi connectivity index (χ4n) is 2.96. The lowest BCUT2D eigenvalue weighted by atomic mass is 10.1. The lowest BCUT2D eigenvalue weighted by molar-refractivity contribution is -0.123. The standard InChI is InChI=1S/C16H20Cl2N2O4S/c1-25(23,24)16(6-2-3-7-16)15(22)20-9-8-19-14(21)11-4-5-12(17)13(18)10-11/h4-5,10H,2-3,6-9H2,1H3,(H,19,21)(H,20,22). The molecular formula is C16H20Cl2N2O4S. The molecule has 0 aliphatic heterocycles. The molecule has 2 N–H and O–H groups in total. The summed E-state index contributed by atoms with van der Waals surface area (Å²) in [5.74, 6) is -0.845. The number of sulfone groups is 1. The molecule has 1 saturated carbocycles. The van der Waals surface area contributed by atoms with Crippen LogP contribution >= 0.6 is 23.2 Å². The molecule has 0 bridgehead atoms. The van der Waals surface area contributed by atoms with Crippen molar-refractivity contribution in [3.05, 3.63) is 33.8 Å². The maximum atomic E-state index is 12.4. The van der Waals surface area contributed by atoms with Gasteiger partial charge in [0.1, 0.15) is 4.75 Å². The average Bonchev–Trinajstić information content (AvgIpc) is 3.04. The van der Waals surface area contributed by atoms with Crippen LogP contribution in [0.15, 0.2) is 18.2 Å². The van der Waals surface area contributed by atoms with Gasteiger partial charge in [0.2, 0.25) is 5.91 Å². The zero-order chi connectivity index (χ0) is 18.7. The van der Waals surface area contributed by atoms with Gasteiger partial charge in [-0.3, -0.25) is 9.59 Å². The minimum atomic E-state index is -3.50. The summed E-state index contributed by atoms with van der Waals surface area (Å²) in [7, 11) is -3.50. The van der Waals surface area contributed by atoms with Crippen LogP contribution in [0, 0.1) is 0 Å². The summed E-state index contributed by atoms with van der Waals surface area (Å²) in [6.45, 7) is 0.313. The van der Waals surface area contributed by atoms with Crippen LogP contribution in [0.25, 0.3) is 0 Å². The summed E-state index contributed by atoms with van der Waals surface area (Å²) in [6.07, 6.45) is 3.22. The third kappa shape index (κ3) is 4.46. The highest BCUT2D eigenvalue weighted by atomic mass is 35.5. The molecule has 1 aliphatic rings. The van der Waals surface area contributed by atoms with Gasteiger partial charge in [0.15, 0.2) is 9.84 Å². The predicted molar refractivity (Wildman–Crippen MR) is 97.8 cm³/mol. The van der Waals surface area contributed by atoms with E-state index in [1.807, 2.05) is 0 Å². The Bertz CT molecular complexity index is 774. The quantitative estimate of drug-likeness (QED) is 0.708. The molecule has 0 spiro atoms. The predicted octanol–water partition coefficient (Wildman–Crippen LogP) is 2.20. The highest BCUT2D eigenvalue weighted by Gasteiger charge is 2.49. The van der Waals surface area contributed by atoms with Gasteiger partial charge in [0.05, 0.1) is 10.0 Å². The highest BCUT2D eigenvalue weighted by molar-refractivity contribution is 7.92. The molecular weight excluding hydrogens is 387 g/mol. The van der Waals surface area contributed by atoms with Gasteiger partial charge in [-0.05, 0) is 31.0 Å². The molecule has 9 heteroatoms. The van der Waals surface area contributed by atoms with E-state index in [-0.39, 0.29) is 24.0 Å². The van der Waals surface area contributed by atoms with E-state index in [1.165, 1.54) is 12.1 Å². The molecule has 0 unspecified atom stereocenters. The van der Waals surface area contributed by atoms with E-state index < -0.39 is 20.5 Å². The Morgan fingerprint density at radius 1 is 1.08 bits per heavy atom. The molecule has 2 amide bonds. The number of halogens is 2. The first-order valence-corrected chi connectivity index (χ1v) is 10.5. The fourth-order valence-corrected chi connectivity index (χ4v) is 4.70. The van der Waals surface area contributed by atoms with E-state index in [9.17, 15) is 18.0 Å². The maximum absolute atomic E-state index is 12.4. The number of benzene rings is 1. The number of nitrogens with one attached hydrogen (secondary N) is 2. The van der Waals surface area contributed by atoms with E-state index in [1.54, 1.807) is 6.07 Å². The van der Waals surface area contributed by atoms with Crippen molar-refractivity contribution in [1.82, 2.24) is 10.6 Å². The van der Waals surface area contributed by atoms with Gasteiger partial charge >= 0.3 is 0 Å². The smallest absolute Gasteiger partial charge is 0.251 e. The first-order valence-electron chi connectivity index (χ1n) is 7.88. The zero-order valence-electron chi connectivity index (χ0n) is 13.8. The Balaban J connectivity index is 1.87. The maximum Gasteiger partial charge on any atom is 0.251 e. The second kappa shape index (κ2) is 7.93. The van der Waals surface area contributed by atoms with Gasteiger partial charge in [-0.2, -0.15) is 0 Å². The fraction of sp³-hybridized carbons (Fsp3) is 0.500. The van der Waals surface area contributed by atoms with E-state index in [0.29, 0.717) is 36.3 Å². The minimum Gasteiger partial charge on any atom is -0.353 e. The van der Waals surface area contributed by atoms with Gasteiger partial charge in [-0.25, -0.2) is 8.42 Å². The van der Waals surface area contributed by atoms with E-state index >= 15 is 0 Å². The first-order chi connectivity index (χ1) is 11.7. The summed E-state index contributed by atoms with van der Waals surface area (Å²) in [4.78, 5) is 24.4. The van der Waals surface area contributed by atoms with Crippen molar-refractivity contribution in [2.24, 2.45) is 0 Å². The summed E-state index contributed by atoms with van der Waals surface area (Å²) in [5.41, 5.74) is 0.351. The molecule has 138 valence electrons. The number of carbonyl (C=O) groups is 2. The Labute approximate surface area is 157 Å². The third-order valence-electron chi connectivity index (χ3n) is 4.41. The van der Waals surface area contributed by atoms with E-state index in [4.69, 9.17) is 23.2 Å². The zero-order valence-corrected chi connectivity index (χ0v) is 16.1. The minimum absolute atomic E-state index is 0.142. The molecule has 1 aromatic rings. The van der Waals surface area contributed by atoms with Gasteiger partial charge in [-0.15, -0.1) is 0 Å². The Hall–Kier alpha value is -1.31. The second-order valence-electron chi connectivity index (χ2n) is 6.11. The molecule has 2 rings (SSSR count). The van der Waals surface area contributed by atoms with E-state index in [2.05, 4.69) is 10.6 Å². The van der Waals surface area contributed by atoms with E-state index in [0.717, 1.165) is 6.26 Å². The van der Waals surface area contributed by atoms with Crippen molar-refractivity contribution >= 4 is 44.9 Å². The molecule has 25 heavy (non-hydrogen) atoms. The summed E-state index contributed by atoms with van der Waals surface area (Å²) in [6, 6.07) is 4.52. The molecule has 1 aromatic carbocycles. The van der Waals surface area contributed by atoms with Gasteiger partial charge in [0.25, 0.3) is 5.91 Å². The Morgan fingerprint density at radius 2 is 1.68 bits per heavy atom. The van der Waals surface area contributed by atoms with Crippen molar-refractivity contribution in [1.29, 1.82) is 0 Å². The van der Waals surface area contributed by atoms with Crippen molar-refractivity contribution in [3.63, 3.8) is 0 Å². The van der Waals surface area contributed by atoms with Gasteiger partial charge < -0.3 is 10.6 Å². The molecule has 1 fully saturated rings. The molecule has 0 aromatic heterocycles. The van der Waals surface area contributed by atoms with Crippen LogP contribution in [-0.4, -0.2) is 44.3 Å². The molecule has 6 nitrogen and oxygen atoms in total. The molecule has 1 aliphatic carbocycles. The number of hydrogen-bond donors (Lipinski definition) is 2. The van der Waals surface area contributed by atoms with Crippen LogP contribution in [0.2, 0.25) is 10.0 Å². The first kappa shape index (κ1) is 20.0. The highest BCUT2D eigenvalue weighted by Crippen LogP contribution is 2.36. The van der Waals surface area contributed by atoms with Crippen LogP contribution in [0.4, 0.5) is 0 Å². The number of carbonyl (C=O) groups excluding carboxylic acids is 2. The summed E-state index contributed by atoms with van der Waals surface area (Å²) < 4.78 is 22.7. The van der Waals surface area contributed by atoms with Crippen LogP contribution in [0.5, 0.6) is 0 Å². The van der Waals surface area contributed by atoms with Crippen molar-refractivity contribution in [2.75, 3.05) is 19.3 Å². The van der Waals surface area contributed by atoms with Crippen molar-refractivity contribution in [2.45, 2.75) is 30.4 Å². The van der Waals surface area contributed by atoms with Gasteiger partial charge in [-0.1, -0.05) is 36.0 Å². The lowest BCUT2D eigenvalue weighted by Gasteiger charge is -2.25. The van der Waals surface area contributed by atoms with Crippen LogP contribution in [0.3, 0.4) is 0 Å². The topological polar surface area (TPSA) is 92.3 Å². The molecule has 0 saturated heterocycles. The molecule has 0 heterocycles.